The van der Waals surface area contributed by atoms with Crippen LogP contribution in [0.5, 0.6) is 0 Å². The number of halogens is 2. The Morgan fingerprint density at radius 2 is 1.60 bits per heavy atom. The second-order valence-corrected chi connectivity index (χ2v) is 11.7. The average Bonchev–Trinajstić information content (AvgIpc) is 3.49. The van der Waals surface area contributed by atoms with Crippen LogP contribution in [0.4, 0.5) is 16.2 Å². The summed E-state index contributed by atoms with van der Waals surface area (Å²) in [5, 5.41) is 18.1. The van der Waals surface area contributed by atoms with Gasteiger partial charge in [-0.2, -0.15) is 0 Å². The number of urea groups is 1. The molecule has 3 aromatic rings. The summed E-state index contributed by atoms with van der Waals surface area (Å²) in [7, 11) is 0. The molecule has 0 aromatic heterocycles. The summed E-state index contributed by atoms with van der Waals surface area (Å²) >= 11 is 12.2. The summed E-state index contributed by atoms with van der Waals surface area (Å²) in [6.07, 6.45) is 7.45. The zero-order chi connectivity index (χ0) is 28.1. The number of amides is 2. The molecule has 0 radical (unpaired) electrons. The molecule has 3 aromatic carbocycles. The normalized spacial score (nSPS) is 17.4. The minimum atomic E-state index is -0.375. The smallest absolute Gasteiger partial charge is 0.319 e. The summed E-state index contributed by atoms with van der Waals surface area (Å²) in [4.78, 5) is 26.4. The quantitative estimate of drug-likeness (QED) is 0.208. The number of benzene rings is 3. The highest BCUT2D eigenvalue weighted by Gasteiger charge is 2.31. The molecule has 9 heteroatoms. The van der Waals surface area contributed by atoms with Crippen LogP contribution in [0, 0.1) is 16.0 Å². The predicted octanol–water partition coefficient (Wildman–Crippen LogP) is 8.13. The first-order valence-corrected chi connectivity index (χ1v) is 14.7. The molecule has 40 heavy (non-hydrogen) atoms. The van der Waals surface area contributed by atoms with Gasteiger partial charge >= 0.3 is 6.03 Å². The average molecular weight is 582 g/mol. The first-order valence-electron chi connectivity index (χ1n) is 14.0. The van der Waals surface area contributed by atoms with Crippen LogP contribution in [-0.4, -0.2) is 41.5 Å². The molecule has 2 amide bonds. The van der Waals surface area contributed by atoms with E-state index in [-0.39, 0.29) is 22.6 Å². The van der Waals surface area contributed by atoms with Crippen molar-refractivity contribution in [3.63, 3.8) is 0 Å². The molecule has 2 N–H and O–H groups in total. The lowest BCUT2D eigenvalue weighted by atomic mass is 9.79. The third kappa shape index (κ3) is 7.14. The Hall–Kier alpha value is -3.13. The second kappa shape index (κ2) is 13.0. The van der Waals surface area contributed by atoms with E-state index in [0.29, 0.717) is 28.2 Å². The number of likely N-dealkylation sites (tertiary alicyclic amines) is 1. The maximum absolute atomic E-state index is 12.8. The van der Waals surface area contributed by atoms with Gasteiger partial charge in [-0.05, 0) is 79.6 Å². The lowest BCUT2D eigenvalue weighted by Gasteiger charge is -2.39. The van der Waals surface area contributed by atoms with Gasteiger partial charge in [-0.15, -0.1) is 0 Å². The highest BCUT2D eigenvalue weighted by atomic mass is 35.5. The zero-order valence-electron chi connectivity index (χ0n) is 22.3. The number of nitrogens with one attached hydrogen (secondary N) is 2. The summed E-state index contributed by atoms with van der Waals surface area (Å²) in [5.74, 6) is 0.570. The maximum Gasteiger partial charge on any atom is 0.319 e. The number of rotatable bonds is 8. The summed E-state index contributed by atoms with van der Waals surface area (Å²) in [5.41, 5.74) is 3.49. The van der Waals surface area contributed by atoms with Crippen molar-refractivity contribution in [3.8, 4) is 11.1 Å². The van der Waals surface area contributed by atoms with Gasteiger partial charge in [0.15, 0.2) is 0 Å². The first-order chi connectivity index (χ1) is 19.4. The molecule has 1 heterocycles. The molecule has 2 aliphatic rings. The molecule has 0 spiro atoms. The van der Waals surface area contributed by atoms with E-state index in [1.807, 2.05) is 18.2 Å². The van der Waals surface area contributed by atoms with Crippen LogP contribution in [0.15, 0.2) is 66.7 Å². The van der Waals surface area contributed by atoms with Gasteiger partial charge in [0, 0.05) is 46.4 Å². The van der Waals surface area contributed by atoms with Crippen molar-refractivity contribution in [1.29, 1.82) is 0 Å². The molecule has 0 bridgehead atoms. The van der Waals surface area contributed by atoms with E-state index >= 15 is 0 Å². The molecule has 1 atom stereocenters. The molecule has 1 unspecified atom stereocenters. The van der Waals surface area contributed by atoms with Gasteiger partial charge in [0.25, 0.3) is 5.69 Å². The minimum Gasteiger partial charge on any atom is -0.337 e. The summed E-state index contributed by atoms with van der Waals surface area (Å²) in [6, 6.07) is 20.3. The Morgan fingerprint density at radius 3 is 2.25 bits per heavy atom. The van der Waals surface area contributed by atoms with Crippen LogP contribution in [0.25, 0.3) is 11.1 Å². The monoisotopic (exact) mass is 580 g/mol. The molecule has 1 aliphatic carbocycles. The number of nitro groups is 1. The largest absolute Gasteiger partial charge is 0.337 e. The highest BCUT2D eigenvalue weighted by Crippen LogP contribution is 2.36. The fourth-order valence-corrected chi connectivity index (χ4v) is 6.76. The molecule has 1 saturated carbocycles. The highest BCUT2D eigenvalue weighted by molar-refractivity contribution is 6.35. The van der Waals surface area contributed by atoms with Crippen molar-refractivity contribution in [2.24, 2.45) is 5.92 Å². The van der Waals surface area contributed by atoms with E-state index in [4.69, 9.17) is 23.2 Å². The molecular weight excluding hydrogens is 547 g/mol. The lowest BCUT2D eigenvalue weighted by Crippen LogP contribution is -2.43. The van der Waals surface area contributed by atoms with Gasteiger partial charge in [-0.3, -0.25) is 10.1 Å². The number of non-ortho nitro benzene ring substituents is 1. The number of nitrogens with zero attached hydrogens (tertiary/aromatic N) is 2. The Bertz CT molecular complexity index is 1320. The molecule has 210 valence electrons. The number of nitro benzene ring substituents is 1. The Morgan fingerprint density at radius 1 is 0.925 bits per heavy atom. The topological polar surface area (TPSA) is 87.5 Å². The number of hydrogen-bond acceptors (Lipinski definition) is 4. The Balaban J connectivity index is 1.30. The van der Waals surface area contributed by atoms with E-state index < -0.39 is 0 Å². The lowest BCUT2D eigenvalue weighted by molar-refractivity contribution is -0.384. The molecule has 7 nitrogen and oxygen atoms in total. The molecule has 1 aliphatic heterocycles. The van der Waals surface area contributed by atoms with E-state index in [0.717, 1.165) is 48.7 Å². The third-order valence-corrected chi connectivity index (χ3v) is 8.75. The van der Waals surface area contributed by atoms with E-state index in [1.165, 1.54) is 31.7 Å². The molecule has 5 rings (SSSR count). The minimum absolute atomic E-state index is 0.0738. The maximum atomic E-state index is 12.8. The molecule has 1 saturated heterocycles. The third-order valence-electron chi connectivity index (χ3n) is 8.32. The van der Waals surface area contributed by atoms with Crippen molar-refractivity contribution in [3.05, 3.63) is 92.5 Å². The fraction of sp³-hybridized carbons (Fsp3) is 0.387. The van der Waals surface area contributed by atoms with Gasteiger partial charge in [-0.1, -0.05) is 72.4 Å². The van der Waals surface area contributed by atoms with E-state index in [2.05, 4.69) is 27.7 Å². The second-order valence-electron chi connectivity index (χ2n) is 10.8. The SMILES string of the molecule is O=C(NCC(c1ccc(-c2cccc([N+](=O)[O-])c2)cc1)C1CCN(C2CCCC2)CC1)Nc1cc(Cl)cc(Cl)c1. The molecule has 2 fully saturated rings. The van der Waals surface area contributed by atoms with Gasteiger partial charge in [0.2, 0.25) is 0 Å². The van der Waals surface area contributed by atoms with E-state index in [9.17, 15) is 14.9 Å². The standard InChI is InChI=1S/C31H34Cl2N4O3/c32-25-17-26(33)19-27(18-25)35-31(38)34-20-30(23-12-14-36(15-13-23)28-5-1-2-6-28)22-10-8-21(9-11-22)24-4-3-7-29(16-24)37(39)40/h3-4,7-11,16-19,23,28,30H,1-2,5-6,12-15,20H2,(H2,34,35,38). The van der Waals surface area contributed by atoms with Crippen molar-refractivity contribution < 1.29 is 9.72 Å². The van der Waals surface area contributed by atoms with Crippen molar-refractivity contribution in [1.82, 2.24) is 10.2 Å². The Kier molecular flexibility index (Phi) is 9.25. The van der Waals surface area contributed by atoms with Crippen LogP contribution in [-0.2, 0) is 0 Å². The number of carbonyl (C=O) groups is 1. The van der Waals surface area contributed by atoms with Crippen LogP contribution in [0.2, 0.25) is 10.0 Å². The van der Waals surface area contributed by atoms with Gasteiger partial charge < -0.3 is 15.5 Å². The number of hydrogen-bond donors (Lipinski definition) is 2. The molecular formula is C31H34Cl2N4O3. The Labute approximate surface area is 245 Å². The predicted molar refractivity (Wildman–Crippen MR) is 161 cm³/mol. The number of anilines is 1. The summed E-state index contributed by atoms with van der Waals surface area (Å²) in [6.45, 7) is 2.67. The van der Waals surface area contributed by atoms with Gasteiger partial charge in [-0.25, -0.2) is 4.79 Å². The van der Waals surface area contributed by atoms with Gasteiger partial charge in [0.1, 0.15) is 0 Å². The van der Waals surface area contributed by atoms with Crippen LogP contribution in [0.1, 0.15) is 50.0 Å². The number of carbonyl (C=O) groups excluding carboxylic acids is 1. The van der Waals surface area contributed by atoms with Crippen LogP contribution < -0.4 is 10.6 Å². The van der Waals surface area contributed by atoms with E-state index in [1.54, 1.807) is 30.3 Å². The van der Waals surface area contributed by atoms with Crippen molar-refractivity contribution in [2.45, 2.75) is 50.5 Å². The van der Waals surface area contributed by atoms with Crippen LogP contribution >= 0.6 is 23.2 Å². The van der Waals surface area contributed by atoms with Crippen molar-refractivity contribution >= 4 is 40.6 Å². The fourth-order valence-electron chi connectivity index (χ4n) is 6.24. The zero-order valence-corrected chi connectivity index (χ0v) is 23.8. The van der Waals surface area contributed by atoms with Gasteiger partial charge in [0.05, 0.1) is 4.92 Å². The van der Waals surface area contributed by atoms with Crippen LogP contribution in [0.3, 0.4) is 0 Å². The van der Waals surface area contributed by atoms with Crippen molar-refractivity contribution in [2.75, 3.05) is 25.0 Å². The summed E-state index contributed by atoms with van der Waals surface area (Å²) < 4.78 is 0. The number of piperidine rings is 1. The first kappa shape index (κ1) is 28.4.